The molecule has 0 radical (unpaired) electrons. The topological polar surface area (TPSA) is 54.7 Å². The van der Waals surface area contributed by atoms with Crippen molar-refractivity contribution in [3.05, 3.63) is 24.2 Å². The van der Waals surface area contributed by atoms with Crippen LogP contribution in [-0.2, 0) is 16.1 Å². The molecule has 1 aromatic rings. The highest BCUT2D eigenvalue weighted by atomic mass is 16.5. The first-order valence-electron chi connectivity index (χ1n) is 7.93. The van der Waals surface area contributed by atoms with Gasteiger partial charge in [-0.2, -0.15) is 0 Å². The number of carbonyl (C=O) groups excluding carboxylic acids is 1. The van der Waals surface area contributed by atoms with Gasteiger partial charge in [-0.15, -0.1) is 0 Å². The number of amides is 1. The van der Waals surface area contributed by atoms with Crippen LogP contribution < -0.4 is 5.32 Å². The third kappa shape index (κ3) is 3.86. The van der Waals surface area contributed by atoms with E-state index in [2.05, 4.69) is 10.2 Å². The molecule has 0 saturated carbocycles. The molecule has 1 atom stereocenters. The summed E-state index contributed by atoms with van der Waals surface area (Å²) in [7, 11) is 0. The van der Waals surface area contributed by atoms with E-state index in [9.17, 15) is 4.79 Å². The smallest absolute Gasteiger partial charge is 0.224 e. The molecular formula is C16H24N2O3. The Hall–Kier alpha value is -1.33. The lowest BCUT2D eigenvalue weighted by Crippen LogP contribution is -2.48. The van der Waals surface area contributed by atoms with Crippen molar-refractivity contribution >= 4 is 5.91 Å². The maximum Gasteiger partial charge on any atom is 0.224 e. The minimum absolute atomic E-state index is 0.119. The Morgan fingerprint density at radius 2 is 2.19 bits per heavy atom. The zero-order valence-electron chi connectivity index (χ0n) is 12.4. The van der Waals surface area contributed by atoms with Gasteiger partial charge >= 0.3 is 0 Å². The molecule has 5 nitrogen and oxygen atoms in total. The average Bonchev–Trinajstić information content (AvgIpc) is 3.07. The second-order valence-corrected chi connectivity index (χ2v) is 6.03. The van der Waals surface area contributed by atoms with Crippen LogP contribution in [0.25, 0.3) is 0 Å². The molecule has 0 spiro atoms. The molecule has 0 aromatic carbocycles. The summed E-state index contributed by atoms with van der Waals surface area (Å²) in [4.78, 5) is 14.8. The van der Waals surface area contributed by atoms with Gasteiger partial charge in [-0.05, 0) is 38.3 Å². The van der Waals surface area contributed by atoms with Gasteiger partial charge in [-0.25, -0.2) is 0 Å². The number of nitrogens with zero attached hydrogens (tertiary/aromatic N) is 1. The molecule has 21 heavy (non-hydrogen) atoms. The number of piperidine rings is 1. The number of nitrogens with one attached hydrogen (secondary N) is 1. The lowest BCUT2D eigenvalue weighted by atomic mass is 9.94. The Labute approximate surface area is 125 Å². The van der Waals surface area contributed by atoms with Crippen LogP contribution in [0, 0.1) is 5.92 Å². The van der Waals surface area contributed by atoms with Crippen LogP contribution in [0.5, 0.6) is 0 Å². The van der Waals surface area contributed by atoms with Gasteiger partial charge in [0.25, 0.3) is 0 Å². The molecule has 2 aliphatic heterocycles. The molecule has 116 valence electrons. The molecule has 2 saturated heterocycles. The first-order chi connectivity index (χ1) is 10.3. The zero-order valence-corrected chi connectivity index (χ0v) is 12.4. The number of furan rings is 1. The van der Waals surface area contributed by atoms with Crippen molar-refractivity contribution < 1.29 is 13.9 Å². The van der Waals surface area contributed by atoms with Crippen molar-refractivity contribution in [1.29, 1.82) is 0 Å². The summed E-state index contributed by atoms with van der Waals surface area (Å²) in [6.45, 7) is 4.29. The van der Waals surface area contributed by atoms with Crippen LogP contribution in [0.3, 0.4) is 0 Å². The molecule has 5 heteroatoms. The Kier molecular flexibility index (Phi) is 4.93. The summed E-state index contributed by atoms with van der Waals surface area (Å²) in [5.41, 5.74) is 1.01. The minimum atomic E-state index is 0.119. The van der Waals surface area contributed by atoms with Crippen LogP contribution in [0.2, 0.25) is 0 Å². The first-order valence-corrected chi connectivity index (χ1v) is 7.93. The van der Waals surface area contributed by atoms with Gasteiger partial charge in [0.15, 0.2) is 0 Å². The van der Waals surface area contributed by atoms with Gasteiger partial charge in [0.2, 0.25) is 5.91 Å². The first kappa shape index (κ1) is 14.6. The van der Waals surface area contributed by atoms with Gasteiger partial charge in [0, 0.05) is 37.9 Å². The lowest BCUT2D eigenvalue weighted by molar-refractivity contribution is -0.127. The van der Waals surface area contributed by atoms with Crippen LogP contribution in [-0.4, -0.2) is 43.2 Å². The van der Waals surface area contributed by atoms with Gasteiger partial charge in [0.1, 0.15) is 0 Å². The Bertz CT molecular complexity index is 440. The van der Waals surface area contributed by atoms with Gasteiger partial charge in [0.05, 0.1) is 18.4 Å². The summed E-state index contributed by atoms with van der Waals surface area (Å²) >= 11 is 0. The average molecular weight is 292 g/mol. The number of hydrogen-bond acceptors (Lipinski definition) is 4. The van der Waals surface area contributed by atoms with Gasteiger partial charge in [-0.1, -0.05) is 0 Å². The normalized spacial score (nSPS) is 24.9. The van der Waals surface area contributed by atoms with E-state index in [1.807, 2.05) is 6.07 Å². The molecule has 0 aliphatic carbocycles. The molecule has 1 N–H and O–H groups in total. The van der Waals surface area contributed by atoms with Gasteiger partial charge in [-0.3, -0.25) is 9.69 Å². The molecule has 3 rings (SSSR count). The fraction of sp³-hybridized carbons (Fsp3) is 0.688. The molecule has 1 aromatic heterocycles. The lowest BCUT2D eigenvalue weighted by Gasteiger charge is -2.39. The number of likely N-dealkylation sites (tertiary alicyclic amines) is 1. The van der Waals surface area contributed by atoms with E-state index in [4.69, 9.17) is 9.15 Å². The van der Waals surface area contributed by atoms with E-state index in [0.717, 1.165) is 57.6 Å². The summed E-state index contributed by atoms with van der Waals surface area (Å²) in [6.07, 6.45) is 7.62. The van der Waals surface area contributed by atoms with Gasteiger partial charge < -0.3 is 14.5 Å². The number of hydrogen-bond donors (Lipinski definition) is 1. The Morgan fingerprint density at radius 1 is 1.33 bits per heavy atom. The highest BCUT2D eigenvalue weighted by Gasteiger charge is 2.30. The third-order valence-electron chi connectivity index (χ3n) is 4.58. The second kappa shape index (κ2) is 7.09. The molecule has 2 fully saturated rings. The Balaban J connectivity index is 1.49. The van der Waals surface area contributed by atoms with Crippen LogP contribution in [0.15, 0.2) is 23.0 Å². The third-order valence-corrected chi connectivity index (χ3v) is 4.58. The maximum atomic E-state index is 12.3. The minimum Gasteiger partial charge on any atom is -0.472 e. The fourth-order valence-electron chi connectivity index (χ4n) is 3.33. The van der Waals surface area contributed by atoms with E-state index in [0.29, 0.717) is 12.6 Å². The highest BCUT2D eigenvalue weighted by molar-refractivity contribution is 5.78. The molecule has 2 aliphatic rings. The van der Waals surface area contributed by atoms with Crippen molar-refractivity contribution in [1.82, 2.24) is 10.2 Å². The second-order valence-electron chi connectivity index (χ2n) is 6.03. The van der Waals surface area contributed by atoms with E-state index < -0.39 is 0 Å². The van der Waals surface area contributed by atoms with Crippen molar-refractivity contribution in [2.75, 3.05) is 26.3 Å². The number of carbonyl (C=O) groups is 1. The summed E-state index contributed by atoms with van der Waals surface area (Å²) in [5, 5.41) is 3.03. The Morgan fingerprint density at radius 3 is 2.95 bits per heavy atom. The molecule has 1 amide bonds. The van der Waals surface area contributed by atoms with Crippen LogP contribution in [0.4, 0.5) is 0 Å². The molecule has 3 heterocycles. The zero-order chi connectivity index (χ0) is 14.5. The molecule has 0 bridgehead atoms. The van der Waals surface area contributed by atoms with Crippen molar-refractivity contribution in [3.63, 3.8) is 0 Å². The number of ether oxygens (including phenoxy) is 1. The SMILES string of the molecule is O=C(NCc1ccoc1)[C@H]1CCCN(C2CCOCC2)C1. The fourth-order valence-corrected chi connectivity index (χ4v) is 3.33. The monoisotopic (exact) mass is 292 g/mol. The van der Waals surface area contributed by atoms with Crippen molar-refractivity contribution in [2.45, 2.75) is 38.3 Å². The maximum absolute atomic E-state index is 12.3. The summed E-state index contributed by atoms with van der Waals surface area (Å²) < 4.78 is 10.4. The largest absolute Gasteiger partial charge is 0.472 e. The van der Waals surface area contributed by atoms with Crippen molar-refractivity contribution in [2.24, 2.45) is 5.92 Å². The molecular weight excluding hydrogens is 268 g/mol. The van der Waals surface area contributed by atoms with E-state index in [-0.39, 0.29) is 11.8 Å². The van der Waals surface area contributed by atoms with E-state index in [1.165, 1.54) is 0 Å². The van der Waals surface area contributed by atoms with Crippen molar-refractivity contribution in [3.8, 4) is 0 Å². The van der Waals surface area contributed by atoms with Crippen LogP contribution in [0.1, 0.15) is 31.2 Å². The molecule has 0 unspecified atom stereocenters. The van der Waals surface area contributed by atoms with E-state index in [1.54, 1.807) is 12.5 Å². The van der Waals surface area contributed by atoms with E-state index >= 15 is 0 Å². The summed E-state index contributed by atoms with van der Waals surface area (Å²) in [6, 6.07) is 2.48. The predicted molar refractivity (Wildman–Crippen MR) is 78.7 cm³/mol. The highest BCUT2D eigenvalue weighted by Crippen LogP contribution is 2.23. The number of rotatable bonds is 4. The quantitative estimate of drug-likeness (QED) is 0.919. The summed E-state index contributed by atoms with van der Waals surface area (Å²) in [5.74, 6) is 0.293. The van der Waals surface area contributed by atoms with Crippen LogP contribution >= 0.6 is 0 Å². The predicted octanol–water partition coefficient (Wildman–Crippen LogP) is 1.79. The standard InChI is InChI=1S/C16H24N2O3/c19-16(17-10-13-3-7-21-12-13)14-2-1-6-18(11-14)15-4-8-20-9-5-15/h3,7,12,14-15H,1-2,4-6,8-11H2,(H,17,19)/t14-/m0/s1.